The molecule has 0 saturated carbocycles. The number of thiophene rings is 1. The molecule has 0 fully saturated rings. The molecule has 1 aliphatic heterocycles. The zero-order valence-electron chi connectivity index (χ0n) is 16.2. The number of fused-ring (bicyclic) bond motifs is 1. The van der Waals surface area contributed by atoms with Crippen LogP contribution in [-0.4, -0.2) is 29.3 Å². The molecule has 2 amide bonds. The van der Waals surface area contributed by atoms with Gasteiger partial charge < -0.3 is 10.2 Å². The van der Waals surface area contributed by atoms with E-state index in [2.05, 4.69) is 35.8 Å². The van der Waals surface area contributed by atoms with E-state index in [1.54, 1.807) is 11.3 Å². The molecule has 0 saturated heterocycles. The predicted molar refractivity (Wildman–Crippen MR) is 110 cm³/mol. The number of carbonyl (C=O) groups excluding carboxylic acids is 2. The molecule has 1 aromatic carbocycles. The van der Waals surface area contributed by atoms with E-state index in [-0.39, 0.29) is 11.8 Å². The Hall–Kier alpha value is -2.14. The van der Waals surface area contributed by atoms with Gasteiger partial charge in [-0.2, -0.15) is 0 Å². The van der Waals surface area contributed by atoms with Crippen LogP contribution >= 0.6 is 11.3 Å². The van der Waals surface area contributed by atoms with Crippen LogP contribution in [0.5, 0.6) is 0 Å². The number of benzene rings is 1. The lowest BCUT2D eigenvalue weighted by atomic mass is 10.0. The summed E-state index contributed by atoms with van der Waals surface area (Å²) in [6.07, 6.45) is 3.57. The van der Waals surface area contributed by atoms with E-state index < -0.39 is 6.04 Å². The number of hydrogen-bond acceptors (Lipinski definition) is 3. The average molecular weight is 385 g/mol. The summed E-state index contributed by atoms with van der Waals surface area (Å²) in [5.41, 5.74) is 3.61. The Labute approximate surface area is 165 Å². The number of nitrogens with zero attached hydrogens (tertiary/aromatic N) is 1. The molecule has 1 atom stereocenters. The van der Waals surface area contributed by atoms with Crippen LogP contribution < -0.4 is 5.32 Å². The lowest BCUT2D eigenvalue weighted by molar-refractivity contribution is -0.137. The van der Waals surface area contributed by atoms with Crippen LogP contribution in [0.3, 0.4) is 0 Å². The molecule has 27 heavy (non-hydrogen) atoms. The van der Waals surface area contributed by atoms with Crippen LogP contribution in [0.1, 0.15) is 47.8 Å². The fourth-order valence-corrected chi connectivity index (χ4v) is 4.48. The van der Waals surface area contributed by atoms with Crippen LogP contribution in [0.4, 0.5) is 0 Å². The van der Waals surface area contributed by atoms with Crippen molar-refractivity contribution in [3.8, 4) is 0 Å². The molecule has 1 aliphatic rings. The molecular formula is C22H28N2O2S. The molecule has 2 heterocycles. The summed E-state index contributed by atoms with van der Waals surface area (Å²) in [6, 6.07) is 9.90. The number of rotatable bonds is 7. The first-order chi connectivity index (χ1) is 13.1. The van der Waals surface area contributed by atoms with Crippen molar-refractivity contribution in [2.24, 2.45) is 0 Å². The zero-order chi connectivity index (χ0) is 19.2. The van der Waals surface area contributed by atoms with Gasteiger partial charge in [0.2, 0.25) is 11.8 Å². The second-order valence-electron chi connectivity index (χ2n) is 7.28. The number of hydrogen-bond donors (Lipinski definition) is 1. The summed E-state index contributed by atoms with van der Waals surface area (Å²) in [4.78, 5) is 28.7. The van der Waals surface area contributed by atoms with E-state index in [1.807, 2.05) is 24.0 Å². The minimum absolute atomic E-state index is 0.0449. The molecule has 2 aromatic rings. The van der Waals surface area contributed by atoms with Crippen molar-refractivity contribution in [3.63, 3.8) is 0 Å². The Bertz CT molecular complexity index is 799. The summed E-state index contributed by atoms with van der Waals surface area (Å²) in [7, 11) is 0. The quantitative estimate of drug-likeness (QED) is 0.788. The molecule has 1 aromatic heterocycles. The minimum Gasteiger partial charge on any atom is -0.344 e. The van der Waals surface area contributed by atoms with Crippen LogP contribution in [0.25, 0.3) is 0 Å². The van der Waals surface area contributed by atoms with Crippen molar-refractivity contribution >= 4 is 23.2 Å². The summed E-state index contributed by atoms with van der Waals surface area (Å²) >= 11 is 1.77. The first kappa shape index (κ1) is 19.6. The Kier molecular flexibility index (Phi) is 6.67. The molecule has 0 radical (unpaired) electrons. The largest absolute Gasteiger partial charge is 0.344 e. The van der Waals surface area contributed by atoms with Gasteiger partial charge in [0.15, 0.2) is 0 Å². The molecule has 0 bridgehead atoms. The zero-order valence-corrected chi connectivity index (χ0v) is 17.0. The van der Waals surface area contributed by atoms with Crippen molar-refractivity contribution in [1.82, 2.24) is 10.2 Å². The SMILES string of the molecule is CCCC(NC(=O)CCc1cccc(C)c1)C(=O)N1CCc2sccc2C1. The summed E-state index contributed by atoms with van der Waals surface area (Å²) < 4.78 is 0. The van der Waals surface area contributed by atoms with Crippen molar-refractivity contribution in [1.29, 1.82) is 0 Å². The fourth-order valence-electron chi connectivity index (χ4n) is 3.60. The van der Waals surface area contributed by atoms with Gasteiger partial charge in [-0.1, -0.05) is 43.2 Å². The highest BCUT2D eigenvalue weighted by Crippen LogP contribution is 2.24. The Balaban J connectivity index is 1.56. The first-order valence-electron chi connectivity index (χ1n) is 9.75. The van der Waals surface area contributed by atoms with Gasteiger partial charge in [0.05, 0.1) is 0 Å². The Morgan fingerprint density at radius 3 is 2.93 bits per heavy atom. The van der Waals surface area contributed by atoms with Gasteiger partial charge in [0, 0.05) is 24.4 Å². The van der Waals surface area contributed by atoms with Crippen molar-refractivity contribution in [2.45, 2.75) is 58.5 Å². The van der Waals surface area contributed by atoms with Crippen LogP contribution in [0.15, 0.2) is 35.7 Å². The maximum absolute atomic E-state index is 13.0. The second kappa shape index (κ2) is 9.18. The molecule has 5 heteroatoms. The van der Waals surface area contributed by atoms with E-state index in [4.69, 9.17) is 0 Å². The van der Waals surface area contributed by atoms with Crippen LogP contribution in [0.2, 0.25) is 0 Å². The Morgan fingerprint density at radius 1 is 1.30 bits per heavy atom. The third kappa shape index (κ3) is 5.19. The monoisotopic (exact) mass is 384 g/mol. The normalized spacial score (nSPS) is 14.5. The minimum atomic E-state index is -0.416. The highest BCUT2D eigenvalue weighted by Gasteiger charge is 2.28. The maximum atomic E-state index is 13.0. The van der Waals surface area contributed by atoms with Crippen LogP contribution in [0, 0.1) is 6.92 Å². The molecule has 144 valence electrons. The highest BCUT2D eigenvalue weighted by molar-refractivity contribution is 7.10. The Morgan fingerprint density at radius 2 is 2.15 bits per heavy atom. The molecule has 0 spiro atoms. The summed E-state index contributed by atoms with van der Waals surface area (Å²) in [5.74, 6) is 0.00847. The van der Waals surface area contributed by atoms with Crippen LogP contribution in [-0.2, 0) is 29.0 Å². The smallest absolute Gasteiger partial charge is 0.245 e. The second-order valence-corrected chi connectivity index (χ2v) is 8.28. The number of carbonyl (C=O) groups is 2. The highest BCUT2D eigenvalue weighted by atomic mass is 32.1. The van der Waals surface area contributed by atoms with Gasteiger partial charge in [-0.25, -0.2) is 0 Å². The molecule has 3 rings (SSSR count). The van der Waals surface area contributed by atoms with Gasteiger partial charge in [-0.3, -0.25) is 9.59 Å². The average Bonchev–Trinajstić information content (AvgIpc) is 3.13. The van der Waals surface area contributed by atoms with Crippen molar-refractivity contribution < 1.29 is 9.59 Å². The predicted octanol–water partition coefficient (Wildman–Crippen LogP) is 3.86. The topological polar surface area (TPSA) is 49.4 Å². The maximum Gasteiger partial charge on any atom is 0.245 e. The van der Waals surface area contributed by atoms with E-state index in [9.17, 15) is 9.59 Å². The number of aryl methyl sites for hydroxylation is 2. The van der Waals surface area contributed by atoms with Crippen molar-refractivity contribution in [3.05, 3.63) is 57.3 Å². The van der Waals surface area contributed by atoms with Crippen molar-refractivity contribution in [2.75, 3.05) is 6.54 Å². The lowest BCUT2D eigenvalue weighted by Crippen LogP contribution is -2.49. The lowest BCUT2D eigenvalue weighted by Gasteiger charge is -2.31. The molecule has 4 nitrogen and oxygen atoms in total. The van der Waals surface area contributed by atoms with E-state index in [1.165, 1.54) is 16.0 Å². The van der Waals surface area contributed by atoms with Gasteiger partial charge in [-0.15, -0.1) is 11.3 Å². The van der Waals surface area contributed by atoms with Gasteiger partial charge in [0.25, 0.3) is 0 Å². The molecule has 0 aliphatic carbocycles. The van der Waals surface area contributed by atoms with Gasteiger partial charge in [-0.05, 0) is 48.8 Å². The first-order valence-corrected chi connectivity index (χ1v) is 10.6. The molecule has 1 unspecified atom stereocenters. The molecule has 1 N–H and O–H groups in total. The third-order valence-electron chi connectivity index (χ3n) is 5.05. The van der Waals surface area contributed by atoms with E-state index in [0.717, 1.165) is 24.9 Å². The fraction of sp³-hybridized carbons (Fsp3) is 0.455. The van der Waals surface area contributed by atoms with E-state index >= 15 is 0 Å². The number of nitrogens with one attached hydrogen (secondary N) is 1. The number of amides is 2. The molecular weight excluding hydrogens is 356 g/mol. The standard InChI is InChI=1S/C22H28N2O2S/c1-3-5-19(22(26)24-12-10-20-18(15-24)11-13-27-20)23-21(25)9-8-17-7-4-6-16(2)14-17/h4,6-7,11,13-14,19H,3,5,8-10,12,15H2,1-2H3,(H,23,25). The van der Waals surface area contributed by atoms with Gasteiger partial charge in [0.1, 0.15) is 6.04 Å². The third-order valence-corrected chi connectivity index (χ3v) is 6.08. The van der Waals surface area contributed by atoms with Gasteiger partial charge >= 0.3 is 0 Å². The summed E-state index contributed by atoms with van der Waals surface area (Å²) in [6.45, 7) is 5.51. The van der Waals surface area contributed by atoms with E-state index in [0.29, 0.717) is 25.8 Å². The summed E-state index contributed by atoms with van der Waals surface area (Å²) in [5, 5.41) is 5.08.